The van der Waals surface area contributed by atoms with Crippen LogP contribution < -0.4 is 5.32 Å². The molecule has 0 aliphatic carbocycles. The van der Waals surface area contributed by atoms with Gasteiger partial charge in [-0.05, 0) is 24.2 Å². The van der Waals surface area contributed by atoms with E-state index in [1.165, 1.54) is 23.5 Å². The van der Waals surface area contributed by atoms with E-state index in [0.717, 1.165) is 6.54 Å². The molecule has 0 atom stereocenters. The maximum atomic E-state index is 13.0. The number of thiophene rings is 1. The summed E-state index contributed by atoms with van der Waals surface area (Å²) in [5.41, 5.74) is -0.0135. The zero-order valence-corrected chi connectivity index (χ0v) is 18.0. The number of halogens is 1. The molecule has 150 valence electrons. The Morgan fingerprint density at radius 2 is 1.96 bits per heavy atom. The van der Waals surface area contributed by atoms with Gasteiger partial charge in [-0.1, -0.05) is 25.4 Å². The number of piperazine rings is 1. The Kier molecular flexibility index (Phi) is 6.36. The standard InChI is InChI=1S/C18H21ClN4O3S2/c1-11(2)10-20-18(27)22-7-5-21(6-8-22)17(24)16-15(19)13-4-3-12(23(25)26)9-14(13)28-16/h3-4,9,11H,5-8,10H2,1-2H3,(H,20,27). The number of nitrogens with zero attached hydrogens (tertiary/aromatic N) is 3. The van der Waals surface area contributed by atoms with Crippen molar-refractivity contribution in [3.63, 3.8) is 0 Å². The van der Waals surface area contributed by atoms with E-state index in [-0.39, 0.29) is 11.6 Å². The number of fused-ring (bicyclic) bond motifs is 1. The van der Waals surface area contributed by atoms with Crippen molar-refractivity contribution in [3.8, 4) is 0 Å². The highest BCUT2D eigenvalue weighted by atomic mass is 35.5. The molecule has 2 heterocycles. The number of carbonyl (C=O) groups excluding carboxylic acids is 1. The first kappa shape index (κ1) is 20.8. The van der Waals surface area contributed by atoms with E-state index in [0.29, 0.717) is 57.2 Å². The number of amides is 1. The van der Waals surface area contributed by atoms with Crippen LogP contribution in [-0.4, -0.2) is 58.5 Å². The Hall–Kier alpha value is -1.97. The van der Waals surface area contributed by atoms with Gasteiger partial charge in [0.2, 0.25) is 0 Å². The fraction of sp³-hybridized carbons (Fsp3) is 0.444. The number of rotatable bonds is 4. The molecule has 1 aromatic heterocycles. The number of thiocarbonyl (C=S) groups is 1. The van der Waals surface area contributed by atoms with Crippen LogP contribution in [0, 0.1) is 16.0 Å². The minimum Gasteiger partial charge on any atom is -0.362 e. The van der Waals surface area contributed by atoms with E-state index in [1.54, 1.807) is 11.0 Å². The average Bonchev–Trinajstić information content (AvgIpc) is 3.01. The second kappa shape index (κ2) is 8.59. The van der Waals surface area contributed by atoms with Crippen molar-refractivity contribution in [1.82, 2.24) is 15.1 Å². The zero-order valence-electron chi connectivity index (χ0n) is 15.6. The molecular formula is C18H21ClN4O3S2. The van der Waals surface area contributed by atoms with Crippen LogP contribution >= 0.6 is 35.2 Å². The van der Waals surface area contributed by atoms with Gasteiger partial charge in [-0.2, -0.15) is 0 Å². The Bertz CT molecular complexity index is 923. The van der Waals surface area contributed by atoms with Gasteiger partial charge >= 0.3 is 0 Å². The van der Waals surface area contributed by atoms with Crippen molar-refractivity contribution in [3.05, 3.63) is 38.2 Å². The van der Waals surface area contributed by atoms with Gasteiger partial charge in [0.05, 0.1) is 9.95 Å². The van der Waals surface area contributed by atoms with Crippen LogP contribution in [0.15, 0.2) is 18.2 Å². The fourth-order valence-corrected chi connectivity index (χ4v) is 4.74. The summed E-state index contributed by atoms with van der Waals surface area (Å²) in [5, 5.41) is 16.0. The van der Waals surface area contributed by atoms with Crippen molar-refractivity contribution in [1.29, 1.82) is 0 Å². The Balaban J connectivity index is 1.69. The molecule has 7 nitrogen and oxygen atoms in total. The quantitative estimate of drug-likeness (QED) is 0.443. The van der Waals surface area contributed by atoms with Crippen LogP contribution in [0.1, 0.15) is 23.5 Å². The second-order valence-electron chi connectivity index (χ2n) is 7.04. The summed E-state index contributed by atoms with van der Waals surface area (Å²) in [6.45, 7) is 7.47. The molecule has 1 N–H and O–H groups in total. The van der Waals surface area contributed by atoms with Crippen LogP contribution in [0.4, 0.5) is 5.69 Å². The second-order valence-corrected chi connectivity index (χ2v) is 8.86. The van der Waals surface area contributed by atoms with Gasteiger partial charge in [-0.3, -0.25) is 14.9 Å². The number of benzene rings is 1. The number of hydrogen-bond donors (Lipinski definition) is 1. The number of carbonyl (C=O) groups is 1. The summed E-state index contributed by atoms with van der Waals surface area (Å²) in [7, 11) is 0. The molecule has 1 saturated heterocycles. The highest BCUT2D eigenvalue weighted by molar-refractivity contribution is 7.80. The minimum atomic E-state index is -0.454. The van der Waals surface area contributed by atoms with Crippen LogP contribution in [0.5, 0.6) is 0 Å². The average molecular weight is 441 g/mol. The van der Waals surface area contributed by atoms with Crippen LogP contribution in [0.2, 0.25) is 5.02 Å². The number of nitrogens with one attached hydrogen (secondary N) is 1. The number of nitro benzene ring substituents is 1. The molecule has 1 aliphatic heterocycles. The lowest BCUT2D eigenvalue weighted by Gasteiger charge is -2.36. The topological polar surface area (TPSA) is 78.7 Å². The van der Waals surface area contributed by atoms with Crippen LogP contribution in [0.3, 0.4) is 0 Å². The van der Waals surface area contributed by atoms with Gasteiger partial charge in [0.1, 0.15) is 4.88 Å². The summed E-state index contributed by atoms with van der Waals surface area (Å²) in [5.74, 6) is 0.362. The normalized spacial score (nSPS) is 14.6. The van der Waals surface area contributed by atoms with Gasteiger partial charge in [0, 0.05) is 54.9 Å². The number of non-ortho nitro benzene ring substituents is 1. The van der Waals surface area contributed by atoms with E-state index < -0.39 is 4.92 Å². The lowest BCUT2D eigenvalue weighted by atomic mass is 10.2. The molecule has 0 bridgehead atoms. The van der Waals surface area contributed by atoms with Crippen molar-refractivity contribution < 1.29 is 9.72 Å². The minimum absolute atomic E-state index is 0.0135. The fourth-order valence-electron chi connectivity index (χ4n) is 2.96. The molecule has 10 heteroatoms. The largest absolute Gasteiger partial charge is 0.362 e. The molecular weight excluding hydrogens is 420 g/mol. The van der Waals surface area contributed by atoms with E-state index in [2.05, 4.69) is 24.1 Å². The SMILES string of the molecule is CC(C)CNC(=S)N1CCN(C(=O)c2sc3cc([N+](=O)[O-])ccc3c2Cl)CC1. The van der Waals surface area contributed by atoms with Crippen LogP contribution in [-0.2, 0) is 0 Å². The predicted molar refractivity (Wildman–Crippen MR) is 116 cm³/mol. The maximum absolute atomic E-state index is 13.0. The summed E-state index contributed by atoms with van der Waals surface area (Å²) < 4.78 is 0.639. The molecule has 0 radical (unpaired) electrons. The third kappa shape index (κ3) is 4.37. The molecule has 1 aromatic carbocycles. The molecule has 0 saturated carbocycles. The highest BCUT2D eigenvalue weighted by Gasteiger charge is 2.27. The van der Waals surface area contributed by atoms with Gasteiger partial charge in [0.25, 0.3) is 11.6 Å². The first-order chi connectivity index (χ1) is 13.3. The molecule has 1 amide bonds. The lowest BCUT2D eigenvalue weighted by Crippen LogP contribution is -2.53. The van der Waals surface area contributed by atoms with Crippen molar-refractivity contribution >= 4 is 61.9 Å². The van der Waals surface area contributed by atoms with E-state index in [4.69, 9.17) is 23.8 Å². The first-order valence-electron chi connectivity index (χ1n) is 8.96. The van der Waals surface area contributed by atoms with Gasteiger partial charge in [-0.15, -0.1) is 11.3 Å². The summed E-state index contributed by atoms with van der Waals surface area (Å²) in [6, 6.07) is 4.46. The molecule has 3 rings (SSSR count). The molecule has 1 aliphatic rings. The van der Waals surface area contributed by atoms with Gasteiger partial charge < -0.3 is 15.1 Å². The van der Waals surface area contributed by atoms with E-state index in [9.17, 15) is 14.9 Å². The van der Waals surface area contributed by atoms with Crippen molar-refractivity contribution in [2.75, 3.05) is 32.7 Å². The van der Waals surface area contributed by atoms with E-state index in [1.807, 2.05) is 0 Å². The third-order valence-corrected chi connectivity index (χ3v) is 6.58. The van der Waals surface area contributed by atoms with E-state index >= 15 is 0 Å². The summed E-state index contributed by atoms with van der Waals surface area (Å²) in [4.78, 5) is 27.7. The number of nitro groups is 1. The first-order valence-corrected chi connectivity index (χ1v) is 10.6. The third-order valence-electron chi connectivity index (χ3n) is 4.53. The van der Waals surface area contributed by atoms with Crippen molar-refractivity contribution in [2.45, 2.75) is 13.8 Å². The molecule has 1 fully saturated rings. The molecule has 28 heavy (non-hydrogen) atoms. The lowest BCUT2D eigenvalue weighted by molar-refractivity contribution is -0.384. The zero-order chi connectivity index (χ0) is 20.4. The predicted octanol–water partition coefficient (Wildman–Crippen LogP) is 3.75. The summed E-state index contributed by atoms with van der Waals surface area (Å²) in [6.07, 6.45) is 0. The molecule has 0 spiro atoms. The maximum Gasteiger partial charge on any atom is 0.270 e. The smallest absolute Gasteiger partial charge is 0.270 e. The Morgan fingerprint density at radius 3 is 2.57 bits per heavy atom. The van der Waals surface area contributed by atoms with Gasteiger partial charge in [-0.25, -0.2) is 0 Å². The van der Waals surface area contributed by atoms with Crippen LogP contribution in [0.25, 0.3) is 10.1 Å². The number of hydrogen-bond acceptors (Lipinski definition) is 5. The summed E-state index contributed by atoms with van der Waals surface area (Å²) >= 11 is 13.0. The molecule has 0 unspecified atom stereocenters. The highest BCUT2D eigenvalue weighted by Crippen LogP contribution is 2.38. The van der Waals surface area contributed by atoms with Gasteiger partial charge in [0.15, 0.2) is 5.11 Å². The molecule has 2 aromatic rings. The van der Waals surface area contributed by atoms with Crippen molar-refractivity contribution in [2.24, 2.45) is 5.92 Å². The monoisotopic (exact) mass is 440 g/mol. The Labute approximate surface area is 177 Å². The Morgan fingerprint density at radius 1 is 1.32 bits per heavy atom.